The fourth-order valence-corrected chi connectivity index (χ4v) is 5.55. The van der Waals surface area contributed by atoms with Crippen LogP contribution in [0.5, 0.6) is 5.88 Å². The number of fused-ring (bicyclic) bond motifs is 1. The summed E-state index contributed by atoms with van der Waals surface area (Å²) in [6.45, 7) is 6.63. The molecule has 0 aromatic carbocycles. The highest BCUT2D eigenvalue weighted by Gasteiger charge is 2.23. The Balaban J connectivity index is 1.16. The fraction of sp³-hybridized carbons (Fsp3) is 0.381. The SMILES string of the molecule is Cc1nc(C)c(-c2ccc(OCC3CCN(c4ncnc5ccsc45)CC3)nn2)s1. The summed E-state index contributed by atoms with van der Waals surface area (Å²) in [4.78, 5) is 16.8. The second kappa shape index (κ2) is 8.23. The van der Waals surface area contributed by atoms with Gasteiger partial charge in [0.1, 0.15) is 17.8 Å². The van der Waals surface area contributed by atoms with Gasteiger partial charge in [0, 0.05) is 19.2 Å². The molecule has 0 spiro atoms. The lowest BCUT2D eigenvalue weighted by Crippen LogP contribution is -2.36. The van der Waals surface area contributed by atoms with E-state index in [0.717, 1.165) is 58.5 Å². The predicted molar refractivity (Wildman–Crippen MR) is 120 cm³/mol. The number of nitrogens with zero attached hydrogens (tertiary/aromatic N) is 6. The number of hydrogen-bond acceptors (Lipinski definition) is 9. The number of ether oxygens (including phenoxy) is 1. The van der Waals surface area contributed by atoms with Crippen LogP contribution in [0.2, 0.25) is 0 Å². The molecule has 0 aliphatic carbocycles. The quantitative estimate of drug-likeness (QED) is 0.453. The van der Waals surface area contributed by atoms with Gasteiger partial charge in [0.2, 0.25) is 5.88 Å². The summed E-state index contributed by atoms with van der Waals surface area (Å²) < 4.78 is 7.12. The van der Waals surface area contributed by atoms with Crippen LogP contribution in [0.4, 0.5) is 5.82 Å². The molecule has 0 atom stereocenters. The minimum absolute atomic E-state index is 0.509. The van der Waals surface area contributed by atoms with E-state index < -0.39 is 0 Å². The van der Waals surface area contributed by atoms with E-state index in [1.807, 2.05) is 26.0 Å². The van der Waals surface area contributed by atoms with Crippen molar-refractivity contribution in [2.24, 2.45) is 5.92 Å². The molecule has 30 heavy (non-hydrogen) atoms. The number of hydrogen-bond donors (Lipinski definition) is 0. The van der Waals surface area contributed by atoms with Gasteiger partial charge in [0.15, 0.2) is 0 Å². The third kappa shape index (κ3) is 3.87. The summed E-state index contributed by atoms with van der Waals surface area (Å²) in [5.74, 6) is 2.15. The summed E-state index contributed by atoms with van der Waals surface area (Å²) in [5.41, 5.74) is 2.88. The van der Waals surface area contributed by atoms with Crippen LogP contribution in [0.3, 0.4) is 0 Å². The maximum absolute atomic E-state index is 5.94. The normalized spacial score (nSPS) is 15.1. The molecule has 0 N–H and O–H groups in total. The molecule has 5 rings (SSSR count). The van der Waals surface area contributed by atoms with Gasteiger partial charge in [-0.15, -0.1) is 32.9 Å². The number of aryl methyl sites for hydroxylation is 2. The van der Waals surface area contributed by atoms with Crippen LogP contribution in [0.15, 0.2) is 29.9 Å². The second-order valence-corrected chi connectivity index (χ2v) is 9.60. The summed E-state index contributed by atoms with van der Waals surface area (Å²) >= 11 is 3.35. The number of rotatable bonds is 5. The average molecular weight is 439 g/mol. The highest BCUT2D eigenvalue weighted by atomic mass is 32.1. The van der Waals surface area contributed by atoms with E-state index in [1.54, 1.807) is 29.0 Å². The van der Waals surface area contributed by atoms with E-state index in [4.69, 9.17) is 4.74 Å². The van der Waals surface area contributed by atoms with E-state index in [-0.39, 0.29) is 0 Å². The van der Waals surface area contributed by atoms with Crippen molar-refractivity contribution in [1.82, 2.24) is 25.1 Å². The molecule has 7 nitrogen and oxygen atoms in total. The molecule has 0 bridgehead atoms. The maximum Gasteiger partial charge on any atom is 0.233 e. The Bertz CT molecular complexity index is 1150. The molecular weight excluding hydrogens is 416 g/mol. The van der Waals surface area contributed by atoms with Crippen molar-refractivity contribution in [3.63, 3.8) is 0 Å². The minimum Gasteiger partial charge on any atom is -0.476 e. The Morgan fingerprint density at radius 1 is 1.10 bits per heavy atom. The van der Waals surface area contributed by atoms with Gasteiger partial charge in [-0.1, -0.05) is 0 Å². The van der Waals surface area contributed by atoms with Crippen LogP contribution >= 0.6 is 22.7 Å². The monoisotopic (exact) mass is 438 g/mol. The smallest absolute Gasteiger partial charge is 0.233 e. The van der Waals surface area contributed by atoms with Crippen molar-refractivity contribution in [1.29, 1.82) is 0 Å². The van der Waals surface area contributed by atoms with Gasteiger partial charge in [0.25, 0.3) is 0 Å². The van der Waals surface area contributed by atoms with Crippen LogP contribution in [-0.4, -0.2) is 44.8 Å². The topological polar surface area (TPSA) is 76.9 Å². The number of aromatic nitrogens is 5. The van der Waals surface area contributed by atoms with Crippen molar-refractivity contribution in [3.05, 3.63) is 40.6 Å². The first kappa shape index (κ1) is 19.3. The molecule has 0 amide bonds. The van der Waals surface area contributed by atoms with Gasteiger partial charge < -0.3 is 9.64 Å². The zero-order chi connectivity index (χ0) is 20.5. The molecule has 1 aliphatic rings. The maximum atomic E-state index is 5.94. The van der Waals surface area contributed by atoms with Crippen LogP contribution in [0.1, 0.15) is 23.5 Å². The molecule has 0 saturated carbocycles. The van der Waals surface area contributed by atoms with Crippen LogP contribution < -0.4 is 9.64 Å². The van der Waals surface area contributed by atoms with E-state index in [2.05, 4.69) is 41.5 Å². The van der Waals surface area contributed by atoms with Crippen molar-refractivity contribution < 1.29 is 4.74 Å². The lowest BCUT2D eigenvalue weighted by molar-refractivity contribution is 0.214. The highest BCUT2D eigenvalue weighted by molar-refractivity contribution is 7.17. The number of thiazole rings is 1. The molecule has 0 radical (unpaired) electrons. The number of thiophene rings is 1. The van der Waals surface area contributed by atoms with Crippen molar-refractivity contribution in [2.75, 3.05) is 24.6 Å². The summed E-state index contributed by atoms with van der Waals surface area (Å²) in [7, 11) is 0. The molecule has 1 fully saturated rings. The van der Waals surface area contributed by atoms with Crippen LogP contribution in [0, 0.1) is 19.8 Å². The molecule has 154 valence electrons. The van der Waals surface area contributed by atoms with Gasteiger partial charge >= 0.3 is 0 Å². The fourth-order valence-electron chi connectivity index (χ4n) is 3.80. The first-order valence-corrected chi connectivity index (χ1v) is 11.7. The summed E-state index contributed by atoms with van der Waals surface area (Å²) in [5, 5.41) is 11.7. The Labute approximate surface area is 182 Å². The molecule has 0 unspecified atom stereocenters. The van der Waals surface area contributed by atoms with Crippen LogP contribution in [-0.2, 0) is 0 Å². The molecular formula is C21H22N6OS2. The van der Waals surface area contributed by atoms with Gasteiger partial charge in [0.05, 0.1) is 32.4 Å². The van der Waals surface area contributed by atoms with Crippen molar-refractivity contribution in [2.45, 2.75) is 26.7 Å². The standard InChI is InChI=1S/C21H22N6OS2/c1-13-19(30-14(2)24-13)17-3-4-18(26-25-17)28-11-15-5-8-27(9-6-15)21-20-16(7-10-29-20)22-12-23-21/h3-4,7,10,12,15H,5-6,8-9,11H2,1-2H3. The first-order chi connectivity index (χ1) is 14.7. The Hall–Kier alpha value is -2.65. The molecule has 1 saturated heterocycles. The zero-order valence-electron chi connectivity index (χ0n) is 16.9. The lowest BCUT2D eigenvalue weighted by atomic mass is 9.98. The van der Waals surface area contributed by atoms with E-state index >= 15 is 0 Å². The van der Waals surface area contributed by atoms with Gasteiger partial charge in [-0.05, 0) is 50.1 Å². The molecule has 1 aliphatic heterocycles. The molecule has 5 heterocycles. The Morgan fingerprint density at radius 2 is 1.97 bits per heavy atom. The van der Waals surface area contributed by atoms with E-state index in [1.165, 1.54) is 4.70 Å². The van der Waals surface area contributed by atoms with E-state index in [9.17, 15) is 0 Å². The Morgan fingerprint density at radius 3 is 2.70 bits per heavy atom. The largest absolute Gasteiger partial charge is 0.476 e. The summed E-state index contributed by atoms with van der Waals surface area (Å²) in [6.07, 6.45) is 3.81. The van der Waals surface area contributed by atoms with Gasteiger partial charge in [-0.3, -0.25) is 0 Å². The zero-order valence-corrected chi connectivity index (χ0v) is 18.5. The molecule has 4 aromatic rings. The molecule has 9 heteroatoms. The third-order valence-electron chi connectivity index (χ3n) is 5.38. The second-order valence-electron chi connectivity index (χ2n) is 7.48. The third-order valence-corrected chi connectivity index (χ3v) is 7.38. The average Bonchev–Trinajstić information content (AvgIpc) is 3.38. The summed E-state index contributed by atoms with van der Waals surface area (Å²) in [6, 6.07) is 5.92. The first-order valence-electron chi connectivity index (χ1n) is 10.0. The minimum atomic E-state index is 0.509. The molecule has 4 aromatic heterocycles. The van der Waals surface area contributed by atoms with Crippen molar-refractivity contribution in [3.8, 4) is 16.5 Å². The van der Waals surface area contributed by atoms with Gasteiger partial charge in [-0.2, -0.15) is 0 Å². The number of piperidine rings is 1. The predicted octanol–water partition coefficient (Wildman–Crippen LogP) is 4.52. The number of anilines is 1. The van der Waals surface area contributed by atoms with E-state index in [0.29, 0.717) is 18.4 Å². The van der Waals surface area contributed by atoms with Gasteiger partial charge in [-0.25, -0.2) is 15.0 Å². The van der Waals surface area contributed by atoms with Crippen molar-refractivity contribution >= 4 is 38.7 Å². The lowest BCUT2D eigenvalue weighted by Gasteiger charge is -2.32. The Kier molecular flexibility index (Phi) is 5.30. The highest BCUT2D eigenvalue weighted by Crippen LogP contribution is 2.31. The van der Waals surface area contributed by atoms with Crippen LogP contribution in [0.25, 0.3) is 20.8 Å².